The highest BCUT2D eigenvalue weighted by Crippen LogP contribution is 2.28. The fourth-order valence-electron chi connectivity index (χ4n) is 1.76. The average Bonchev–Trinajstić information content (AvgIpc) is 2.83. The van der Waals surface area contributed by atoms with Gasteiger partial charge in [0, 0.05) is 22.5 Å². The number of hydrogen-bond donors (Lipinski definition) is 1. The third-order valence-electron chi connectivity index (χ3n) is 2.75. The fraction of sp³-hybridized carbons (Fsp3) is 0.429. The van der Waals surface area contributed by atoms with E-state index in [2.05, 4.69) is 45.3 Å². The molecule has 6 heteroatoms. The molecular weight excluding hydrogens is 341 g/mol. The summed E-state index contributed by atoms with van der Waals surface area (Å²) in [6.45, 7) is 5.21. The molecule has 0 radical (unpaired) electrons. The number of halogens is 2. The lowest BCUT2D eigenvalue weighted by Crippen LogP contribution is -2.23. The van der Waals surface area contributed by atoms with Crippen molar-refractivity contribution in [3.8, 4) is 10.6 Å². The molecule has 0 aliphatic heterocycles. The molecular formula is C14H17BrFN3S. The topological polar surface area (TPSA) is 37.8 Å². The maximum atomic E-state index is 13.8. The van der Waals surface area contributed by atoms with Crippen molar-refractivity contribution in [3.63, 3.8) is 0 Å². The van der Waals surface area contributed by atoms with Gasteiger partial charge >= 0.3 is 0 Å². The molecule has 108 valence electrons. The Morgan fingerprint density at radius 1 is 1.35 bits per heavy atom. The Labute approximate surface area is 130 Å². The first kappa shape index (κ1) is 15.5. The normalized spacial score (nSPS) is 11.2. The molecule has 0 saturated heterocycles. The van der Waals surface area contributed by atoms with E-state index in [1.807, 2.05) is 6.07 Å². The Morgan fingerprint density at radius 2 is 2.15 bits per heavy atom. The summed E-state index contributed by atoms with van der Waals surface area (Å²) in [7, 11) is 0. The van der Waals surface area contributed by atoms with E-state index in [1.165, 1.54) is 17.4 Å². The van der Waals surface area contributed by atoms with Crippen LogP contribution in [0.25, 0.3) is 10.6 Å². The lowest BCUT2D eigenvalue weighted by atomic mass is 10.2. The minimum Gasteiger partial charge on any atom is -0.315 e. The molecule has 0 saturated carbocycles. The van der Waals surface area contributed by atoms with E-state index in [1.54, 1.807) is 6.07 Å². The van der Waals surface area contributed by atoms with Crippen molar-refractivity contribution in [2.24, 2.45) is 0 Å². The highest BCUT2D eigenvalue weighted by atomic mass is 79.9. The molecule has 2 aromatic rings. The molecule has 0 unspecified atom stereocenters. The Bertz CT molecular complexity index is 571. The van der Waals surface area contributed by atoms with Crippen LogP contribution in [0.3, 0.4) is 0 Å². The summed E-state index contributed by atoms with van der Waals surface area (Å²) in [6, 6.07) is 5.48. The molecule has 0 bridgehead atoms. The number of aryl methyl sites for hydroxylation is 1. The van der Waals surface area contributed by atoms with Crippen molar-refractivity contribution in [1.29, 1.82) is 0 Å². The van der Waals surface area contributed by atoms with Crippen LogP contribution in [0, 0.1) is 5.82 Å². The number of benzene rings is 1. The van der Waals surface area contributed by atoms with Gasteiger partial charge in [-0.25, -0.2) is 4.39 Å². The van der Waals surface area contributed by atoms with Gasteiger partial charge in [0.05, 0.1) is 0 Å². The highest BCUT2D eigenvalue weighted by molar-refractivity contribution is 9.10. The predicted octanol–water partition coefficient (Wildman–Crippen LogP) is 4.04. The van der Waals surface area contributed by atoms with Gasteiger partial charge in [-0.05, 0) is 31.2 Å². The van der Waals surface area contributed by atoms with Gasteiger partial charge in [0.1, 0.15) is 10.8 Å². The molecule has 0 atom stereocenters. The number of nitrogens with one attached hydrogen (secondary N) is 1. The van der Waals surface area contributed by atoms with Gasteiger partial charge in [-0.15, -0.1) is 10.2 Å². The van der Waals surface area contributed by atoms with Gasteiger partial charge in [-0.3, -0.25) is 0 Å². The summed E-state index contributed by atoms with van der Waals surface area (Å²) < 4.78 is 14.6. The van der Waals surface area contributed by atoms with Crippen LogP contribution >= 0.6 is 27.3 Å². The maximum absolute atomic E-state index is 13.8. The highest BCUT2D eigenvalue weighted by Gasteiger charge is 2.11. The number of hydrogen-bond acceptors (Lipinski definition) is 4. The van der Waals surface area contributed by atoms with E-state index < -0.39 is 0 Å². The van der Waals surface area contributed by atoms with E-state index >= 15 is 0 Å². The molecule has 0 aliphatic rings. The second-order valence-corrected chi connectivity index (χ2v) is 6.82. The van der Waals surface area contributed by atoms with Crippen molar-refractivity contribution < 1.29 is 4.39 Å². The van der Waals surface area contributed by atoms with Crippen LogP contribution in [0.1, 0.15) is 25.3 Å². The molecule has 2 rings (SSSR count). The number of aromatic nitrogens is 2. The van der Waals surface area contributed by atoms with Crippen molar-refractivity contribution in [1.82, 2.24) is 15.5 Å². The molecule has 1 heterocycles. The Morgan fingerprint density at radius 3 is 2.85 bits per heavy atom. The van der Waals surface area contributed by atoms with E-state index in [9.17, 15) is 4.39 Å². The minimum absolute atomic E-state index is 0.274. The smallest absolute Gasteiger partial charge is 0.150 e. The van der Waals surface area contributed by atoms with Crippen LogP contribution in [0.4, 0.5) is 4.39 Å². The van der Waals surface area contributed by atoms with Crippen LogP contribution in [-0.4, -0.2) is 22.8 Å². The lowest BCUT2D eigenvalue weighted by Gasteiger charge is -2.05. The largest absolute Gasteiger partial charge is 0.315 e. The summed E-state index contributed by atoms with van der Waals surface area (Å²) in [4.78, 5) is 0. The Kier molecular flexibility index (Phi) is 5.63. The third-order valence-corrected chi connectivity index (χ3v) is 4.26. The van der Waals surface area contributed by atoms with Gasteiger partial charge in [0.15, 0.2) is 5.01 Å². The van der Waals surface area contributed by atoms with Gasteiger partial charge < -0.3 is 5.32 Å². The van der Waals surface area contributed by atoms with Crippen LogP contribution in [-0.2, 0) is 6.42 Å². The first-order valence-electron chi connectivity index (χ1n) is 6.57. The minimum atomic E-state index is -0.274. The van der Waals surface area contributed by atoms with Crippen molar-refractivity contribution >= 4 is 27.3 Å². The van der Waals surface area contributed by atoms with E-state index in [0.717, 1.165) is 28.9 Å². The molecule has 1 aromatic heterocycles. The predicted molar refractivity (Wildman–Crippen MR) is 84.5 cm³/mol. The zero-order valence-electron chi connectivity index (χ0n) is 11.5. The number of rotatable bonds is 6. The van der Waals surface area contributed by atoms with E-state index in [4.69, 9.17) is 0 Å². The van der Waals surface area contributed by atoms with Crippen LogP contribution in [0.5, 0.6) is 0 Å². The second-order valence-electron chi connectivity index (χ2n) is 4.84. The van der Waals surface area contributed by atoms with Gasteiger partial charge in [-0.1, -0.05) is 41.1 Å². The second kappa shape index (κ2) is 7.24. The average molecular weight is 358 g/mol. The summed E-state index contributed by atoms with van der Waals surface area (Å²) in [5.41, 5.74) is 0.511. The summed E-state index contributed by atoms with van der Waals surface area (Å²) in [5.74, 6) is -0.274. The monoisotopic (exact) mass is 357 g/mol. The molecule has 20 heavy (non-hydrogen) atoms. The zero-order chi connectivity index (χ0) is 14.5. The van der Waals surface area contributed by atoms with Crippen molar-refractivity contribution in [2.75, 3.05) is 6.54 Å². The van der Waals surface area contributed by atoms with Crippen LogP contribution < -0.4 is 5.32 Å². The summed E-state index contributed by atoms with van der Waals surface area (Å²) in [6.07, 6.45) is 1.88. The first-order valence-corrected chi connectivity index (χ1v) is 8.18. The zero-order valence-corrected chi connectivity index (χ0v) is 13.9. The van der Waals surface area contributed by atoms with Crippen LogP contribution in [0.2, 0.25) is 0 Å². The first-order chi connectivity index (χ1) is 9.56. The van der Waals surface area contributed by atoms with Gasteiger partial charge in [0.2, 0.25) is 0 Å². The molecule has 0 spiro atoms. The lowest BCUT2D eigenvalue weighted by molar-refractivity contribution is 0.569. The Hall–Kier alpha value is -0.850. The van der Waals surface area contributed by atoms with Gasteiger partial charge in [0.25, 0.3) is 0 Å². The van der Waals surface area contributed by atoms with E-state index in [-0.39, 0.29) is 5.82 Å². The van der Waals surface area contributed by atoms with E-state index in [0.29, 0.717) is 16.6 Å². The standard InChI is InChI=1S/C14H17BrFN3S/c1-9(2)17-7-3-4-13-18-19-14(20-13)11-6-5-10(15)8-12(11)16/h5-6,8-9,17H,3-4,7H2,1-2H3. The van der Waals surface area contributed by atoms with Crippen molar-refractivity contribution in [3.05, 3.63) is 33.5 Å². The molecule has 0 aliphatic carbocycles. The quantitative estimate of drug-likeness (QED) is 0.792. The fourth-order valence-corrected chi connectivity index (χ4v) is 3.00. The molecule has 0 fully saturated rings. The summed E-state index contributed by atoms with van der Waals surface area (Å²) >= 11 is 4.71. The Balaban J connectivity index is 1.98. The molecule has 1 aromatic carbocycles. The molecule has 3 nitrogen and oxygen atoms in total. The SMILES string of the molecule is CC(C)NCCCc1nnc(-c2ccc(Br)cc2F)s1. The third kappa shape index (κ3) is 4.33. The summed E-state index contributed by atoms with van der Waals surface area (Å²) in [5, 5.41) is 13.2. The number of nitrogens with zero attached hydrogens (tertiary/aromatic N) is 2. The molecule has 0 amide bonds. The molecule has 1 N–H and O–H groups in total. The van der Waals surface area contributed by atoms with Gasteiger partial charge in [-0.2, -0.15) is 0 Å². The van der Waals surface area contributed by atoms with Crippen molar-refractivity contribution in [2.45, 2.75) is 32.7 Å². The maximum Gasteiger partial charge on any atom is 0.150 e. The van der Waals surface area contributed by atoms with Crippen LogP contribution in [0.15, 0.2) is 22.7 Å².